The molecule has 1 atom stereocenters. The van der Waals surface area contributed by atoms with Crippen molar-refractivity contribution in [3.8, 4) is 0 Å². The standard InChI is InChI=1S/C15H16N2O4/c1-15(2)7-3-4-9-11(8-15)21-14(20)17(9)10-5-6-12(18)16-13(10)19/h3-4,7-8,10H,5-6H2,1-2H3,(H,16,18,19). The quantitative estimate of drug-likeness (QED) is 0.711. The molecule has 21 heavy (non-hydrogen) atoms. The third-order valence-electron chi connectivity index (χ3n) is 3.71. The van der Waals surface area contributed by atoms with Gasteiger partial charge in [-0.25, -0.2) is 4.79 Å². The van der Waals surface area contributed by atoms with Crippen molar-refractivity contribution in [2.24, 2.45) is 5.41 Å². The molecular weight excluding hydrogens is 272 g/mol. The Balaban J connectivity index is 2.19. The molecule has 2 amide bonds. The number of rotatable bonds is 1. The molecular formula is C15H16N2O4. The smallest absolute Gasteiger partial charge is 0.408 e. The minimum Gasteiger partial charge on any atom is -0.408 e. The lowest BCUT2D eigenvalue weighted by Crippen LogP contribution is -2.47. The number of oxazole rings is 1. The van der Waals surface area contributed by atoms with Crippen LogP contribution in [0.15, 0.2) is 21.4 Å². The Kier molecular flexibility index (Phi) is 2.97. The maximum Gasteiger partial charge on any atom is 0.420 e. The van der Waals surface area contributed by atoms with Crippen LogP contribution < -0.4 is 21.8 Å². The van der Waals surface area contributed by atoms with E-state index in [-0.39, 0.29) is 17.7 Å². The summed E-state index contributed by atoms with van der Waals surface area (Å²) in [6, 6.07) is -0.707. The van der Waals surface area contributed by atoms with Crippen molar-refractivity contribution in [2.75, 3.05) is 0 Å². The van der Waals surface area contributed by atoms with Gasteiger partial charge in [0.05, 0.1) is 5.35 Å². The lowest BCUT2D eigenvalue weighted by molar-refractivity contribution is -0.135. The number of carbonyl (C=O) groups excluding carboxylic acids is 2. The Bertz CT molecular complexity index is 823. The highest BCUT2D eigenvalue weighted by molar-refractivity contribution is 5.99. The summed E-state index contributed by atoms with van der Waals surface area (Å²) in [5.74, 6) is -1.35. The predicted molar refractivity (Wildman–Crippen MR) is 75.5 cm³/mol. The molecule has 6 nitrogen and oxygen atoms in total. The van der Waals surface area contributed by atoms with Crippen LogP contribution >= 0.6 is 0 Å². The summed E-state index contributed by atoms with van der Waals surface area (Å²) in [6.07, 6.45) is 7.97. The Morgan fingerprint density at radius 3 is 2.81 bits per heavy atom. The van der Waals surface area contributed by atoms with Crippen molar-refractivity contribution >= 4 is 24.0 Å². The monoisotopic (exact) mass is 288 g/mol. The second kappa shape index (κ2) is 4.58. The number of piperidine rings is 1. The number of carbonyl (C=O) groups is 2. The first kappa shape index (κ1) is 13.6. The van der Waals surface area contributed by atoms with Crippen molar-refractivity contribution in [3.63, 3.8) is 0 Å². The fourth-order valence-corrected chi connectivity index (χ4v) is 2.68. The van der Waals surface area contributed by atoms with Crippen LogP contribution in [0.2, 0.25) is 0 Å². The molecule has 0 aromatic carbocycles. The number of aromatic nitrogens is 1. The predicted octanol–water partition coefficient (Wildman–Crippen LogP) is -0.424. The summed E-state index contributed by atoms with van der Waals surface area (Å²) in [7, 11) is 0. The zero-order chi connectivity index (χ0) is 15.2. The molecule has 1 aliphatic carbocycles. The molecule has 3 rings (SSSR count). The van der Waals surface area contributed by atoms with Gasteiger partial charge in [0.15, 0.2) is 5.42 Å². The largest absolute Gasteiger partial charge is 0.420 e. The van der Waals surface area contributed by atoms with Gasteiger partial charge in [0.1, 0.15) is 6.04 Å². The van der Waals surface area contributed by atoms with E-state index in [0.29, 0.717) is 17.2 Å². The molecule has 1 aliphatic heterocycles. The van der Waals surface area contributed by atoms with Gasteiger partial charge >= 0.3 is 5.76 Å². The maximum atomic E-state index is 12.1. The van der Waals surface area contributed by atoms with E-state index in [0.717, 1.165) is 0 Å². The fraction of sp³-hybridized carbons (Fsp3) is 0.400. The first-order chi connectivity index (χ1) is 9.87. The maximum absolute atomic E-state index is 12.1. The van der Waals surface area contributed by atoms with Gasteiger partial charge in [-0.3, -0.25) is 19.5 Å². The van der Waals surface area contributed by atoms with E-state index >= 15 is 0 Å². The highest BCUT2D eigenvalue weighted by Crippen LogP contribution is 2.20. The van der Waals surface area contributed by atoms with E-state index in [1.165, 1.54) is 4.57 Å². The average molecular weight is 288 g/mol. The van der Waals surface area contributed by atoms with Gasteiger partial charge in [0.25, 0.3) is 0 Å². The minimum absolute atomic E-state index is 0.216. The van der Waals surface area contributed by atoms with Crippen molar-refractivity contribution < 1.29 is 14.0 Å². The van der Waals surface area contributed by atoms with E-state index in [9.17, 15) is 14.4 Å². The Labute approximate surface area is 120 Å². The van der Waals surface area contributed by atoms with E-state index in [1.54, 1.807) is 6.08 Å². The molecule has 0 bridgehead atoms. The van der Waals surface area contributed by atoms with E-state index < -0.39 is 17.7 Å². The van der Waals surface area contributed by atoms with Crippen LogP contribution in [0.5, 0.6) is 0 Å². The molecule has 1 saturated heterocycles. The summed E-state index contributed by atoms with van der Waals surface area (Å²) in [5, 5.41) is 2.83. The fourth-order valence-electron chi connectivity index (χ4n) is 2.68. The summed E-state index contributed by atoms with van der Waals surface area (Å²) in [4.78, 5) is 35.3. The van der Waals surface area contributed by atoms with Crippen LogP contribution in [0, 0.1) is 5.41 Å². The summed E-state index contributed by atoms with van der Waals surface area (Å²) < 4.78 is 6.63. The highest BCUT2D eigenvalue weighted by Gasteiger charge is 2.31. The van der Waals surface area contributed by atoms with Crippen LogP contribution in [0.25, 0.3) is 12.2 Å². The summed E-state index contributed by atoms with van der Waals surface area (Å²) in [5.41, 5.74) is 0.217. The van der Waals surface area contributed by atoms with Gasteiger partial charge in [-0.1, -0.05) is 26.0 Å². The minimum atomic E-state index is -0.707. The lowest BCUT2D eigenvalue weighted by atomic mass is 9.93. The number of allylic oxidation sites excluding steroid dienone is 2. The zero-order valence-electron chi connectivity index (χ0n) is 11.9. The van der Waals surface area contributed by atoms with Crippen LogP contribution in [0.1, 0.15) is 32.7 Å². The number of hydrogen-bond donors (Lipinski definition) is 1. The SMILES string of the molecule is CC1(C)C=CC=c2c(oc(=O)n2C2CCC(=O)NC2=O)=C1. The van der Waals surface area contributed by atoms with Crippen molar-refractivity contribution in [1.29, 1.82) is 0 Å². The molecule has 6 heteroatoms. The molecule has 0 saturated carbocycles. The van der Waals surface area contributed by atoms with Gasteiger partial charge in [0, 0.05) is 11.8 Å². The third kappa shape index (κ3) is 2.37. The third-order valence-corrected chi connectivity index (χ3v) is 3.71. The Morgan fingerprint density at radius 1 is 1.33 bits per heavy atom. The molecule has 2 heterocycles. The van der Waals surface area contributed by atoms with Crippen molar-refractivity contribution in [2.45, 2.75) is 32.7 Å². The molecule has 1 aromatic heterocycles. The van der Waals surface area contributed by atoms with Gasteiger partial charge in [-0.05, 0) is 18.6 Å². The van der Waals surface area contributed by atoms with Gasteiger partial charge < -0.3 is 4.42 Å². The number of imide groups is 1. The molecule has 1 N–H and O–H groups in total. The molecule has 2 aliphatic rings. The molecule has 0 radical (unpaired) electrons. The summed E-state index contributed by atoms with van der Waals surface area (Å²) >= 11 is 0. The normalized spacial score (nSPS) is 23.6. The van der Waals surface area contributed by atoms with Crippen LogP contribution in [0.4, 0.5) is 0 Å². The van der Waals surface area contributed by atoms with E-state index in [2.05, 4.69) is 5.32 Å². The first-order valence-corrected chi connectivity index (χ1v) is 6.85. The van der Waals surface area contributed by atoms with Gasteiger partial charge in [0.2, 0.25) is 11.8 Å². The number of amides is 2. The van der Waals surface area contributed by atoms with Crippen LogP contribution in [-0.4, -0.2) is 16.4 Å². The van der Waals surface area contributed by atoms with E-state index in [1.807, 2.05) is 32.1 Å². The van der Waals surface area contributed by atoms with E-state index in [4.69, 9.17) is 4.42 Å². The molecule has 0 spiro atoms. The number of fused-ring (bicyclic) bond motifs is 1. The zero-order valence-corrected chi connectivity index (χ0v) is 11.9. The van der Waals surface area contributed by atoms with Crippen molar-refractivity contribution in [3.05, 3.63) is 33.5 Å². The topological polar surface area (TPSA) is 81.3 Å². The first-order valence-electron chi connectivity index (χ1n) is 6.85. The molecule has 1 aromatic rings. The molecule has 110 valence electrons. The van der Waals surface area contributed by atoms with Gasteiger partial charge in [-0.2, -0.15) is 0 Å². The van der Waals surface area contributed by atoms with Crippen LogP contribution in [-0.2, 0) is 9.59 Å². The Hall–Kier alpha value is -2.37. The van der Waals surface area contributed by atoms with Crippen LogP contribution in [0.3, 0.4) is 0 Å². The van der Waals surface area contributed by atoms with Crippen molar-refractivity contribution in [1.82, 2.24) is 9.88 Å². The number of nitrogens with zero attached hydrogens (tertiary/aromatic N) is 1. The summed E-state index contributed by atoms with van der Waals surface area (Å²) in [6.45, 7) is 3.99. The number of hydrogen-bond acceptors (Lipinski definition) is 4. The highest BCUT2D eigenvalue weighted by atomic mass is 16.4. The molecule has 1 fully saturated rings. The second-order valence-corrected chi connectivity index (χ2v) is 5.95. The molecule has 1 unspecified atom stereocenters. The second-order valence-electron chi connectivity index (χ2n) is 5.95. The lowest BCUT2D eigenvalue weighted by Gasteiger charge is -2.20. The van der Waals surface area contributed by atoms with Gasteiger partial charge in [-0.15, -0.1) is 0 Å². The number of nitrogens with one attached hydrogen (secondary N) is 1. The average Bonchev–Trinajstić information content (AvgIpc) is 2.57. The Morgan fingerprint density at radius 2 is 2.10 bits per heavy atom.